The number of hydrogen-bond acceptors (Lipinski definition) is 3. The van der Waals surface area contributed by atoms with Crippen LogP contribution in [0.15, 0.2) is 0 Å². The molecule has 0 unspecified atom stereocenters. The first-order valence-corrected chi connectivity index (χ1v) is 4.71. The number of hydrogen-bond donors (Lipinski definition) is 1. The van der Waals surface area contributed by atoms with Crippen molar-refractivity contribution in [2.45, 2.75) is 31.3 Å². The van der Waals surface area contributed by atoms with Crippen molar-refractivity contribution in [3.8, 4) is 0 Å². The Morgan fingerprint density at radius 1 is 1.33 bits per heavy atom. The largest absolute Gasteiger partial charge is 0.367 e. The first-order chi connectivity index (χ1) is 5.83. The van der Waals surface area contributed by atoms with Crippen molar-refractivity contribution >= 4 is 5.78 Å². The SMILES string of the molecule is O=C1CCCOC12CCNCC2. The highest BCUT2D eigenvalue weighted by molar-refractivity contribution is 5.88. The fraction of sp³-hybridized carbons (Fsp3) is 0.889. The molecule has 12 heavy (non-hydrogen) atoms. The Kier molecular flexibility index (Phi) is 2.15. The molecule has 2 heterocycles. The molecule has 2 aliphatic rings. The fourth-order valence-corrected chi connectivity index (χ4v) is 2.06. The molecule has 0 amide bonds. The van der Waals surface area contributed by atoms with Gasteiger partial charge < -0.3 is 10.1 Å². The van der Waals surface area contributed by atoms with Crippen molar-refractivity contribution in [3.63, 3.8) is 0 Å². The predicted octanol–water partition coefficient (Wildman–Crippen LogP) is 0.488. The summed E-state index contributed by atoms with van der Waals surface area (Å²) >= 11 is 0. The van der Waals surface area contributed by atoms with Crippen LogP contribution in [0.3, 0.4) is 0 Å². The minimum absolute atomic E-state index is 0.329. The third-order valence-electron chi connectivity index (χ3n) is 2.85. The van der Waals surface area contributed by atoms with Gasteiger partial charge >= 0.3 is 0 Å². The van der Waals surface area contributed by atoms with E-state index in [9.17, 15) is 4.79 Å². The van der Waals surface area contributed by atoms with Crippen LogP contribution in [0.2, 0.25) is 0 Å². The number of ketones is 1. The Balaban J connectivity index is 2.09. The maximum absolute atomic E-state index is 11.6. The molecule has 1 spiro atoms. The van der Waals surface area contributed by atoms with E-state index >= 15 is 0 Å². The van der Waals surface area contributed by atoms with E-state index < -0.39 is 0 Å². The minimum Gasteiger partial charge on any atom is -0.367 e. The van der Waals surface area contributed by atoms with Crippen molar-refractivity contribution in [3.05, 3.63) is 0 Å². The van der Waals surface area contributed by atoms with Crippen LogP contribution in [-0.2, 0) is 9.53 Å². The van der Waals surface area contributed by atoms with Crippen LogP contribution < -0.4 is 5.32 Å². The van der Waals surface area contributed by atoms with Crippen LogP contribution in [0.4, 0.5) is 0 Å². The average molecular weight is 169 g/mol. The van der Waals surface area contributed by atoms with E-state index in [1.807, 2.05) is 0 Å². The average Bonchev–Trinajstić information content (AvgIpc) is 2.12. The lowest BCUT2D eigenvalue weighted by Gasteiger charge is -2.38. The zero-order valence-corrected chi connectivity index (χ0v) is 7.27. The second-order valence-corrected chi connectivity index (χ2v) is 3.62. The van der Waals surface area contributed by atoms with Gasteiger partial charge in [0, 0.05) is 13.0 Å². The molecule has 0 aliphatic carbocycles. The first kappa shape index (κ1) is 8.20. The molecule has 68 valence electrons. The van der Waals surface area contributed by atoms with E-state index in [4.69, 9.17) is 4.74 Å². The number of ether oxygens (including phenoxy) is 1. The van der Waals surface area contributed by atoms with Gasteiger partial charge in [-0.3, -0.25) is 4.79 Å². The summed E-state index contributed by atoms with van der Waals surface area (Å²) in [6, 6.07) is 0. The van der Waals surface area contributed by atoms with Gasteiger partial charge in [0.15, 0.2) is 5.78 Å². The normalized spacial score (nSPS) is 29.2. The molecular weight excluding hydrogens is 154 g/mol. The number of carbonyl (C=O) groups excluding carboxylic acids is 1. The molecule has 3 nitrogen and oxygen atoms in total. The highest BCUT2D eigenvalue weighted by Gasteiger charge is 2.41. The molecule has 0 radical (unpaired) electrons. The molecule has 2 fully saturated rings. The summed E-state index contributed by atoms with van der Waals surface area (Å²) in [6.45, 7) is 2.61. The maximum atomic E-state index is 11.6. The molecule has 2 aliphatic heterocycles. The molecule has 0 bridgehead atoms. The summed E-state index contributed by atoms with van der Waals surface area (Å²) in [4.78, 5) is 11.6. The lowest BCUT2D eigenvalue weighted by atomic mass is 9.84. The number of nitrogens with one attached hydrogen (secondary N) is 1. The number of piperidine rings is 1. The zero-order valence-electron chi connectivity index (χ0n) is 7.27. The molecule has 0 atom stereocenters. The second-order valence-electron chi connectivity index (χ2n) is 3.62. The number of rotatable bonds is 0. The smallest absolute Gasteiger partial charge is 0.164 e. The molecule has 0 aromatic heterocycles. The van der Waals surface area contributed by atoms with Crippen LogP contribution in [-0.4, -0.2) is 31.1 Å². The summed E-state index contributed by atoms with van der Waals surface area (Å²) in [5.41, 5.74) is -0.385. The van der Waals surface area contributed by atoms with Gasteiger partial charge in [0.25, 0.3) is 0 Å². The van der Waals surface area contributed by atoms with Gasteiger partial charge in [-0.2, -0.15) is 0 Å². The van der Waals surface area contributed by atoms with Crippen LogP contribution in [0, 0.1) is 0 Å². The molecule has 0 aromatic rings. The molecule has 0 saturated carbocycles. The molecule has 2 saturated heterocycles. The van der Waals surface area contributed by atoms with Gasteiger partial charge in [0.1, 0.15) is 5.60 Å². The van der Waals surface area contributed by atoms with E-state index in [1.165, 1.54) is 0 Å². The van der Waals surface area contributed by atoms with E-state index in [0.29, 0.717) is 5.78 Å². The van der Waals surface area contributed by atoms with Crippen molar-refractivity contribution in [1.82, 2.24) is 5.32 Å². The van der Waals surface area contributed by atoms with E-state index in [1.54, 1.807) is 0 Å². The van der Waals surface area contributed by atoms with Crippen molar-refractivity contribution < 1.29 is 9.53 Å². The monoisotopic (exact) mass is 169 g/mol. The molecule has 2 rings (SSSR count). The van der Waals surface area contributed by atoms with Crippen molar-refractivity contribution in [2.75, 3.05) is 19.7 Å². The molecule has 3 heteroatoms. The Labute approximate surface area is 72.5 Å². The molecule has 1 N–H and O–H groups in total. The van der Waals surface area contributed by atoms with Gasteiger partial charge in [0.2, 0.25) is 0 Å². The highest BCUT2D eigenvalue weighted by Crippen LogP contribution is 2.29. The Bertz CT molecular complexity index is 177. The summed E-state index contributed by atoms with van der Waals surface area (Å²) < 4.78 is 5.63. The van der Waals surface area contributed by atoms with Crippen LogP contribution >= 0.6 is 0 Å². The third-order valence-corrected chi connectivity index (χ3v) is 2.85. The number of carbonyl (C=O) groups is 1. The topological polar surface area (TPSA) is 38.3 Å². The Morgan fingerprint density at radius 2 is 2.08 bits per heavy atom. The van der Waals surface area contributed by atoms with E-state index in [-0.39, 0.29) is 5.60 Å². The number of Topliss-reactive ketones (excluding diaryl/α,β-unsaturated/α-hetero) is 1. The Morgan fingerprint density at radius 3 is 2.75 bits per heavy atom. The first-order valence-electron chi connectivity index (χ1n) is 4.71. The van der Waals surface area contributed by atoms with Crippen molar-refractivity contribution in [2.24, 2.45) is 0 Å². The van der Waals surface area contributed by atoms with Crippen LogP contribution in [0.5, 0.6) is 0 Å². The van der Waals surface area contributed by atoms with Gasteiger partial charge in [-0.1, -0.05) is 0 Å². The summed E-state index contributed by atoms with van der Waals surface area (Å²) in [5.74, 6) is 0.329. The van der Waals surface area contributed by atoms with E-state index in [0.717, 1.165) is 45.4 Å². The van der Waals surface area contributed by atoms with Gasteiger partial charge in [0.05, 0.1) is 0 Å². The standard InChI is InChI=1S/C9H15NO2/c11-8-2-1-7-12-9(8)3-5-10-6-4-9/h10H,1-7H2. The van der Waals surface area contributed by atoms with Gasteiger partial charge in [-0.25, -0.2) is 0 Å². The maximum Gasteiger partial charge on any atom is 0.164 e. The Hall–Kier alpha value is -0.410. The minimum atomic E-state index is -0.385. The summed E-state index contributed by atoms with van der Waals surface area (Å²) in [6.07, 6.45) is 3.37. The van der Waals surface area contributed by atoms with Gasteiger partial charge in [-0.05, 0) is 32.4 Å². The quantitative estimate of drug-likeness (QED) is 0.573. The van der Waals surface area contributed by atoms with Gasteiger partial charge in [-0.15, -0.1) is 0 Å². The van der Waals surface area contributed by atoms with E-state index in [2.05, 4.69) is 5.32 Å². The lowest BCUT2D eigenvalue weighted by molar-refractivity contribution is -0.156. The van der Waals surface area contributed by atoms with Crippen LogP contribution in [0.1, 0.15) is 25.7 Å². The summed E-state index contributed by atoms with van der Waals surface area (Å²) in [5, 5.41) is 3.24. The predicted molar refractivity (Wildman–Crippen MR) is 45.0 cm³/mol. The van der Waals surface area contributed by atoms with Crippen LogP contribution in [0.25, 0.3) is 0 Å². The summed E-state index contributed by atoms with van der Waals surface area (Å²) in [7, 11) is 0. The zero-order chi connectivity index (χ0) is 8.44. The molecule has 0 aromatic carbocycles. The highest BCUT2D eigenvalue weighted by atomic mass is 16.5. The fourth-order valence-electron chi connectivity index (χ4n) is 2.06. The van der Waals surface area contributed by atoms with Crippen molar-refractivity contribution in [1.29, 1.82) is 0 Å². The molecular formula is C9H15NO2. The second kappa shape index (κ2) is 3.15. The lowest BCUT2D eigenvalue weighted by Crippen LogP contribution is -2.51. The third kappa shape index (κ3) is 1.27.